The molecule has 1 fully saturated rings. The van der Waals surface area contributed by atoms with Gasteiger partial charge >= 0.3 is 0 Å². The van der Waals surface area contributed by atoms with E-state index in [9.17, 15) is 4.79 Å². The van der Waals surface area contributed by atoms with Crippen molar-refractivity contribution in [3.05, 3.63) is 77.4 Å². The van der Waals surface area contributed by atoms with Gasteiger partial charge in [0.05, 0.1) is 106 Å². The highest BCUT2D eigenvalue weighted by atomic mass is 16.6. The number of hydrogen-bond donors (Lipinski definition) is 0. The number of nitrogens with zero attached hydrogens (tertiary/aromatic N) is 1. The minimum Gasteiger partial charge on any atom is -0.378 e. The van der Waals surface area contributed by atoms with Gasteiger partial charge in [0, 0.05) is 25.2 Å². The number of rotatable bonds is 5. The molecule has 1 aliphatic rings. The summed E-state index contributed by atoms with van der Waals surface area (Å²) in [6, 6.07) is 17.5. The second kappa shape index (κ2) is 24.8. The molecule has 0 atom stereocenters. The van der Waals surface area contributed by atoms with Gasteiger partial charge in [0.25, 0.3) is 0 Å². The van der Waals surface area contributed by atoms with Gasteiger partial charge in [0.1, 0.15) is 0 Å². The summed E-state index contributed by atoms with van der Waals surface area (Å²) in [4.78, 5) is 14.7. The third-order valence-electron chi connectivity index (χ3n) is 6.58. The molecule has 244 valence electrons. The Morgan fingerprint density at radius 3 is 1.32 bits per heavy atom. The third-order valence-corrected chi connectivity index (χ3v) is 6.58. The first-order chi connectivity index (χ1) is 21.8. The lowest BCUT2D eigenvalue weighted by Crippen LogP contribution is -2.31. The quantitative estimate of drug-likeness (QED) is 0.367. The zero-order valence-electron chi connectivity index (χ0n) is 25.9. The fraction of sp³-hybridized carbons (Fsp3) is 0.559. The van der Waals surface area contributed by atoms with Crippen LogP contribution in [0.15, 0.2) is 60.7 Å². The minimum absolute atomic E-state index is 0.00954. The van der Waals surface area contributed by atoms with Crippen LogP contribution in [0, 0.1) is 0 Å². The second-order valence-electron chi connectivity index (χ2n) is 9.98. The Hall–Kier alpha value is -2.51. The van der Waals surface area contributed by atoms with Crippen molar-refractivity contribution >= 4 is 11.9 Å². The Morgan fingerprint density at radius 2 is 0.909 bits per heavy atom. The number of ketones is 1. The van der Waals surface area contributed by atoms with Gasteiger partial charge in [-0.3, -0.25) is 9.69 Å². The molecule has 0 saturated carbocycles. The predicted octanol–water partition coefficient (Wildman–Crippen LogP) is 3.53. The van der Waals surface area contributed by atoms with Gasteiger partial charge < -0.3 is 37.9 Å². The van der Waals surface area contributed by atoms with Crippen molar-refractivity contribution in [2.24, 2.45) is 0 Å². The lowest BCUT2D eigenvalue weighted by molar-refractivity contribution is -0.0223. The molecule has 44 heavy (non-hydrogen) atoms. The van der Waals surface area contributed by atoms with E-state index in [4.69, 9.17) is 37.9 Å². The van der Waals surface area contributed by atoms with Crippen LogP contribution in [-0.4, -0.2) is 129 Å². The van der Waals surface area contributed by atoms with Gasteiger partial charge in [-0.25, -0.2) is 0 Å². The first-order valence-electron chi connectivity index (χ1n) is 15.5. The van der Waals surface area contributed by atoms with Crippen LogP contribution in [0.5, 0.6) is 0 Å². The van der Waals surface area contributed by atoms with E-state index in [-0.39, 0.29) is 5.78 Å². The van der Waals surface area contributed by atoms with Crippen molar-refractivity contribution in [2.45, 2.75) is 6.54 Å². The average molecular weight is 616 g/mol. The fourth-order valence-corrected chi connectivity index (χ4v) is 4.16. The summed E-state index contributed by atoms with van der Waals surface area (Å²) < 4.78 is 44.9. The maximum Gasteiger partial charge on any atom is 0.185 e. The molecule has 0 amide bonds. The van der Waals surface area contributed by atoms with Crippen LogP contribution in [0.4, 0.5) is 0 Å². The standard InChI is InChI=1S/C34H49NO9/c36-34(33-4-2-1-3-5-33)11-10-31-6-8-32(9-7-31)30-35-12-14-37-16-18-39-20-22-41-24-26-43-28-29-44-27-25-42-23-21-40-19-17-38-15-13-35/h1-11H,12-30H2/b11-10+. The van der Waals surface area contributed by atoms with Gasteiger partial charge in [0.15, 0.2) is 5.78 Å². The number of benzene rings is 2. The zero-order chi connectivity index (χ0) is 30.8. The summed E-state index contributed by atoms with van der Waals surface area (Å²) in [6.45, 7) is 10.8. The molecule has 0 spiro atoms. The Balaban J connectivity index is 1.42. The average Bonchev–Trinajstić information content (AvgIpc) is 3.05. The molecule has 3 rings (SSSR count). The lowest BCUT2D eigenvalue weighted by atomic mass is 10.1. The Bertz CT molecular complexity index is 976. The number of carbonyl (C=O) groups excluding carboxylic acids is 1. The van der Waals surface area contributed by atoms with Crippen LogP contribution in [0.1, 0.15) is 21.5 Å². The van der Waals surface area contributed by atoms with Crippen LogP contribution in [0.2, 0.25) is 0 Å². The molecule has 0 aliphatic carbocycles. The highest BCUT2D eigenvalue weighted by Crippen LogP contribution is 2.11. The lowest BCUT2D eigenvalue weighted by Gasteiger charge is -2.22. The normalized spacial score (nSPS) is 19.7. The van der Waals surface area contributed by atoms with Gasteiger partial charge in [-0.1, -0.05) is 60.7 Å². The van der Waals surface area contributed by atoms with Gasteiger partial charge in [-0.05, 0) is 17.2 Å². The molecule has 0 N–H and O–H groups in total. The van der Waals surface area contributed by atoms with Crippen LogP contribution < -0.4 is 0 Å². The van der Waals surface area contributed by atoms with Gasteiger partial charge in [0.2, 0.25) is 0 Å². The Kier molecular flexibility index (Phi) is 20.2. The molecular formula is C34H49NO9. The number of allylic oxidation sites excluding steroid dienone is 1. The SMILES string of the molecule is O=C(/C=C/c1ccc(CN2CCOCCOCCOCCOCCOCCOCCOCCOCC2)cc1)c1ccccc1. The topological polar surface area (TPSA) is 94.2 Å². The van der Waals surface area contributed by atoms with E-state index in [0.29, 0.717) is 111 Å². The highest BCUT2D eigenvalue weighted by molar-refractivity contribution is 6.06. The molecule has 10 heteroatoms. The fourth-order valence-electron chi connectivity index (χ4n) is 4.16. The molecule has 10 nitrogen and oxygen atoms in total. The van der Waals surface area contributed by atoms with Crippen LogP contribution in [-0.2, 0) is 44.4 Å². The molecule has 0 aromatic heterocycles. The van der Waals surface area contributed by atoms with E-state index in [1.165, 1.54) is 5.56 Å². The summed E-state index contributed by atoms with van der Waals surface area (Å²) >= 11 is 0. The second-order valence-corrected chi connectivity index (χ2v) is 9.98. The van der Waals surface area contributed by atoms with Gasteiger partial charge in [-0.2, -0.15) is 0 Å². The molecule has 1 aliphatic heterocycles. The van der Waals surface area contributed by atoms with Crippen LogP contribution in [0.25, 0.3) is 6.08 Å². The molecule has 1 saturated heterocycles. The van der Waals surface area contributed by atoms with Crippen molar-refractivity contribution in [1.29, 1.82) is 0 Å². The molecule has 2 aromatic rings. The van der Waals surface area contributed by atoms with E-state index in [1.807, 2.05) is 48.5 Å². The molecule has 0 radical (unpaired) electrons. The molecular weight excluding hydrogens is 566 g/mol. The van der Waals surface area contributed by atoms with E-state index in [2.05, 4.69) is 17.0 Å². The molecule has 0 unspecified atom stereocenters. The smallest absolute Gasteiger partial charge is 0.185 e. The first-order valence-corrected chi connectivity index (χ1v) is 15.5. The molecule has 0 bridgehead atoms. The summed E-state index contributed by atoms with van der Waals surface area (Å²) in [6.07, 6.45) is 3.46. The molecule has 1 heterocycles. The predicted molar refractivity (Wildman–Crippen MR) is 168 cm³/mol. The van der Waals surface area contributed by atoms with E-state index in [1.54, 1.807) is 6.08 Å². The highest BCUT2D eigenvalue weighted by Gasteiger charge is 2.08. The zero-order valence-corrected chi connectivity index (χ0v) is 25.9. The summed E-state index contributed by atoms with van der Waals surface area (Å²) in [5.74, 6) is -0.00954. The van der Waals surface area contributed by atoms with Crippen molar-refractivity contribution in [2.75, 3.05) is 119 Å². The van der Waals surface area contributed by atoms with E-state index < -0.39 is 0 Å². The summed E-state index contributed by atoms with van der Waals surface area (Å²) in [5, 5.41) is 0. The van der Waals surface area contributed by atoms with Crippen LogP contribution in [0.3, 0.4) is 0 Å². The van der Waals surface area contributed by atoms with E-state index >= 15 is 0 Å². The monoisotopic (exact) mass is 615 g/mol. The van der Waals surface area contributed by atoms with Crippen molar-refractivity contribution in [1.82, 2.24) is 4.90 Å². The molecule has 2 aromatic carbocycles. The van der Waals surface area contributed by atoms with Crippen molar-refractivity contribution in [3.63, 3.8) is 0 Å². The van der Waals surface area contributed by atoms with Crippen molar-refractivity contribution in [3.8, 4) is 0 Å². The maximum absolute atomic E-state index is 12.4. The Morgan fingerprint density at radius 1 is 0.523 bits per heavy atom. The van der Waals surface area contributed by atoms with Gasteiger partial charge in [-0.15, -0.1) is 0 Å². The third kappa shape index (κ3) is 17.7. The first kappa shape index (κ1) is 36.0. The number of carbonyl (C=O) groups is 1. The number of ether oxygens (including phenoxy) is 8. The van der Waals surface area contributed by atoms with Crippen molar-refractivity contribution < 1.29 is 42.7 Å². The Labute approximate surface area is 262 Å². The summed E-state index contributed by atoms with van der Waals surface area (Å²) in [5.41, 5.74) is 2.83. The largest absolute Gasteiger partial charge is 0.378 e. The van der Waals surface area contributed by atoms with E-state index in [0.717, 1.165) is 25.2 Å². The van der Waals surface area contributed by atoms with Crippen LogP contribution >= 0.6 is 0 Å². The number of hydrogen-bond acceptors (Lipinski definition) is 10. The summed E-state index contributed by atoms with van der Waals surface area (Å²) in [7, 11) is 0. The minimum atomic E-state index is -0.00954. The maximum atomic E-state index is 12.4.